The van der Waals surface area contributed by atoms with E-state index in [1.165, 1.54) is 17.0 Å². The Kier molecular flexibility index (Phi) is 4.08. The number of hydrogen-bond donors (Lipinski definition) is 1. The maximum Gasteiger partial charge on any atom is 0.265 e. The van der Waals surface area contributed by atoms with E-state index < -0.39 is 0 Å². The van der Waals surface area contributed by atoms with E-state index >= 15 is 0 Å². The first-order valence-corrected chi connectivity index (χ1v) is 6.90. The molecule has 1 aromatic carbocycles. The van der Waals surface area contributed by atoms with Crippen LogP contribution in [-0.4, -0.2) is 35.6 Å². The third-order valence-electron chi connectivity index (χ3n) is 3.03. The number of fused-ring (bicyclic) bond motifs is 1. The lowest BCUT2D eigenvalue weighted by molar-refractivity contribution is 0.0687. The van der Waals surface area contributed by atoms with Gasteiger partial charge in [-0.2, -0.15) is 0 Å². The molecule has 1 aromatic heterocycles. The summed E-state index contributed by atoms with van der Waals surface area (Å²) < 4.78 is 13.8. The van der Waals surface area contributed by atoms with Crippen molar-refractivity contribution in [3.63, 3.8) is 0 Å². The highest BCUT2D eigenvalue weighted by Crippen LogP contribution is 2.36. The first kappa shape index (κ1) is 14.2. The average molecular weight is 302 g/mol. The summed E-state index contributed by atoms with van der Waals surface area (Å²) in [5, 5.41) is 10.1. The minimum atomic E-state index is -0.360. The van der Waals surface area contributed by atoms with Crippen LogP contribution in [0.1, 0.15) is 16.6 Å². The first-order valence-electron chi connectivity index (χ1n) is 5.71. The maximum absolute atomic E-state index is 13.2. The van der Waals surface area contributed by atoms with Gasteiger partial charge in [-0.05, 0) is 25.1 Å². The molecule has 3 nitrogen and oxygen atoms in total. The fourth-order valence-electron chi connectivity index (χ4n) is 1.66. The van der Waals surface area contributed by atoms with Crippen molar-refractivity contribution >= 4 is 38.9 Å². The lowest BCUT2D eigenvalue weighted by Crippen LogP contribution is -2.37. The van der Waals surface area contributed by atoms with Gasteiger partial charge in [-0.1, -0.05) is 11.6 Å². The molecule has 2 rings (SSSR count). The van der Waals surface area contributed by atoms with Gasteiger partial charge in [0.05, 0.1) is 17.7 Å². The van der Waals surface area contributed by atoms with Crippen molar-refractivity contribution in [1.29, 1.82) is 0 Å². The van der Waals surface area contributed by atoms with E-state index in [0.29, 0.717) is 20.0 Å². The van der Waals surface area contributed by atoms with Crippen molar-refractivity contribution in [3.8, 4) is 0 Å². The summed E-state index contributed by atoms with van der Waals surface area (Å²) in [5.74, 6) is -0.630. The number of rotatable bonds is 3. The largest absolute Gasteiger partial charge is 0.394 e. The molecule has 1 heterocycles. The Morgan fingerprint density at radius 1 is 1.58 bits per heavy atom. The number of thiophene rings is 1. The predicted octanol–water partition coefficient (Wildman–Crippen LogP) is 3.15. The second kappa shape index (κ2) is 5.45. The molecule has 19 heavy (non-hydrogen) atoms. The Labute approximate surface area is 119 Å². The van der Waals surface area contributed by atoms with Gasteiger partial charge in [-0.25, -0.2) is 4.39 Å². The van der Waals surface area contributed by atoms with Gasteiger partial charge in [0.15, 0.2) is 0 Å². The number of nitrogens with zero attached hydrogens (tertiary/aromatic N) is 1. The van der Waals surface area contributed by atoms with Crippen LogP contribution in [0.3, 0.4) is 0 Å². The Bertz CT molecular complexity index is 628. The van der Waals surface area contributed by atoms with E-state index in [4.69, 9.17) is 16.7 Å². The molecule has 1 unspecified atom stereocenters. The summed E-state index contributed by atoms with van der Waals surface area (Å²) in [6.45, 7) is 1.61. The summed E-state index contributed by atoms with van der Waals surface area (Å²) in [6, 6.07) is 3.94. The van der Waals surface area contributed by atoms with Gasteiger partial charge in [0.2, 0.25) is 0 Å². The van der Waals surface area contributed by atoms with Gasteiger partial charge in [-0.15, -0.1) is 11.3 Å². The molecule has 102 valence electrons. The van der Waals surface area contributed by atoms with Gasteiger partial charge < -0.3 is 10.0 Å². The van der Waals surface area contributed by atoms with Crippen molar-refractivity contribution in [2.75, 3.05) is 13.7 Å². The number of benzene rings is 1. The molecule has 0 fully saturated rings. The van der Waals surface area contributed by atoms with Crippen LogP contribution in [0.5, 0.6) is 0 Å². The van der Waals surface area contributed by atoms with Crippen LogP contribution in [0.2, 0.25) is 5.02 Å². The Morgan fingerprint density at radius 2 is 2.26 bits per heavy atom. The number of halogens is 2. The highest BCUT2D eigenvalue weighted by Gasteiger charge is 2.23. The molecule has 0 radical (unpaired) electrons. The van der Waals surface area contributed by atoms with E-state index in [1.54, 1.807) is 20.0 Å². The molecule has 0 saturated carbocycles. The van der Waals surface area contributed by atoms with Crippen molar-refractivity contribution < 1.29 is 14.3 Å². The molecule has 0 spiro atoms. The SMILES string of the molecule is CC(CO)N(C)C(=O)c1sc2cc(F)ccc2c1Cl. The molecular weight excluding hydrogens is 289 g/mol. The lowest BCUT2D eigenvalue weighted by atomic mass is 10.2. The maximum atomic E-state index is 13.2. The number of aliphatic hydroxyl groups is 1. The van der Waals surface area contributed by atoms with Crippen LogP contribution in [0.15, 0.2) is 18.2 Å². The minimum absolute atomic E-state index is 0.126. The molecule has 2 aromatic rings. The van der Waals surface area contributed by atoms with Crippen molar-refractivity contribution in [3.05, 3.63) is 33.9 Å². The summed E-state index contributed by atoms with van der Waals surface area (Å²) in [4.78, 5) is 14.1. The summed E-state index contributed by atoms with van der Waals surface area (Å²) >= 11 is 7.33. The minimum Gasteiger partial charge on any atom is -0.394 e. The Hall–Kier alpha value is -1.17. The fraction of sp³-hybridized carbons (Fsp3) is 0.308. The van der Waals surface area contributed by atoms with Gasteiger partial charge in [0, 0.05) is 17.1 Å². The van der Waals surface area contributed by atoms with Gasteiger partial charge in [-0.3, -0.25) is 4.79 Å². The van der Waals surface area contributed by atoms with E-state index in [0.717, 1.165) is 11.3 Å². The molecule has 0 saturated heterocycles. The van der Waals surface area contributed by atoms with Crippen molar-refractivity contribution in [2.45, 2.75) is 13.0 Å². The summed E-state index contributed by atoms with van der Waals surface area (Å²) in [6.07, 6.45) is 0. The van der Waals surface area contributed by atoms with E-state index in [-0.39, 0.29) is 24.4 Å². The number of aliphatic hydroxyl groups excluding tert-OH is 1. The zero-order valence-corrected chi connectivity index (χ0v) is 12.1. The van der Waals surface area contributed by atoms with Crippen LogP contribution in [-0.2, 0) is 0 Å². The Morgan fingerprint density at radius 3 is 2.89 bits per heavy atom. The zero-order chi connectivity index (χ0) is 14.2. The van der Waals surface area contributed by atoms with E-state index in [9.17, 15) is 9.18 Å². The standard InChI is InChI=1S/C13H13ClFNO2S/c1-7(6-17)16(2)13(18)12-11(14)9-4-3-8(15)5-10(9)19-12/h3-5,7,17H,6H2,1-2H3. The van der Waals surface area contributed by atoms with Crippen LogP contribution < -0.4 is 0 Å². The molecule has 0 aliphatic heterocycles. The molecule has 1 atom stereocenters. The number of carbonyl (C=O) groups excluding carboxylic acids is 1. The molecule has 0 bridgehead atoms. The number of amides is 1. The molecular formula is C13H13ClFNO2S. The molecule has 1 amide bonds. The van der Waals surface area contributed by atoms with Crippen molar-refractivity contribution in [1.82, 2.24) is 4.90 Å². The van der Waals surface area contributed by atoms with Gasteiger partial charge in [0.1, 0.15) is 10.7 Å². The van der Waals surface area contributed by atoms with E-state index in [1.807, 2.05) is 0 Å². The smallest absolute Gasteiger partial charge is 0.265 e. The van der Waals surface area contributed by atoms with Crippen molar-refractivity contribution in [2.24, 2.45) is 0 Å². The van der Waals surface area contributed by atoms with Crippen LogP contribution in [0.25, 0.3) is 10.1 Å². The number of likely N-dealkylation sites (N-methyl/N-ethyl adjacent to an activating group) is 1. The first-order chi connectivity index (χ1) is 8.95. The predicted molar refractivity (Wildman–Crippen MR) is 75.4 cm³/mol. The molecule has 0 aliphatic rings. The third-order valence-corrected chi connectivity index (χ3v) is 4.68. The summed E-state index contributed by atoms with van der Waals surface area (Å²) in [7, 11) is 1.60. The average Bonchev–Trinajstić information content (AvgIpc) is 2.72. The quantitative estimate of drug-likeness (QED) is 0.946. The van der Waals surface area contributed by atoms with Crippen LogP contribution in [0.4, 0.5) is 4.39 Å². The molecule has 1 N–H and O–H groups in total. The Balaban J connectivity index is 2.45. The molecule has 6 heteroatoms. The number of carbonyl (C=O) groups is 1. The fourth-order valence-corrected chi connectivity index (χ4v) is 3.18. The highest BCUT2D eigenvalue weighted by molar-refractivity contribution is 7.21. The van der Waals surface area contributed by atoms with Gasteiger partial charge in [0.25, 0.3) is 5.91 Å². The van der Waals surface area contributed by atoms with Gasteiger partial charge >= 0.3 is 0 Å². The van der Waals surface area contributed by atoms with Crippen LogP contribution in [0, 0.1) is 5.82 Å². The van der Waals surface area contributed by atoms with Crippen LogP contribution >= 0.6 is 22.9 Å². The monoisotopic (exact) mass is 301 g/mol. The summed E-state index contributed by atoms with van der Waals surface area (Å²) in [5.41, 5.74) is 0. The normalized spacial score (nSPS) is 12.7. The second-order valence-corrected chi connectivity index (χ2v) is 5.76. The second-order valence-electron chi connectivity index (χ2n) is 4.33. The molecule has 0 aliphatic carbocycles. The number of hydrogen-bond acceptors (Lipinski definition) is 3. The van der Waals surface area contributed by atoms with E-state index in [2.05, 4.69) is 0 Å². The topological polar surface area (TPSA) is 40.5 Å². The lowest BCUT2D eigenvalue weighted by Gasteiger charge is -2.22. The highest BCUT2D eigenvalue weighted by atomic mass is 35.5. The zero-order valence-electron chi connectivity index (χ0n) is 10.5. The third kappa shape index (κ3) is 2.59.